The van der Waals surface area contributed by atoms with E-state index in [1.54, 1.807) is 18.4 Å². The first-order valence-electron chi connectivity index (χ1n) is 10.5. The van der Waals surface area contributed by atoms with E-state index in [-0.39, 0.29) is 0 Å². The topological polar surface area (TPSA) is 111 Å². The fourth-order valence-electron chi connectivity index (χ4n) is 3.22. The highest BCUT2D eigenvalue weighted by molar-refractivity contribution is 5.94. The fraction of sp³-hybridized carbons (Fsp3) is 0.250. The number of fused-ring (bicyclic) bond motifs is 1. The molecule has 0 aliphatic carbocycles. The highest BCUT2D eigenvalue weighted by Gasteiger charge is 2.11. The molecule has 4 N–H and O–H groups in total. The summed E-state index contributed by atoms with van der Waals surface area (Å²) in [5, 5.41) is 6.66. The Morgan fingerprint density at radius 1 is 1.03 bits per heavy atom. The van der Waals surface area contributed by atoms with Gasteiger partial charge in [0.15, 0.2) is 17.5 Å². The molecule has 8 heteroatoms. The maximum absolute atomic E-state index is 11.3. The molecule has 0 saturated carbocycles. The number of ether oxygens (including phenoxy) is 2. The third kappa shape index (κ3) is 5.81. The summed E-state index contributed by atoms with van der Waals surface area (Å²) in [6, 6.07) is 16.6. The zero-order chi connectivity index (χ0) is 22.2. The number of hydrogen-bond donors (Lipinski definition) is 3. The smallest absolute Gasteiger partial charge is 0.248 e. The van der Waals surface area contributed by atoms with Crippen LogP contribution < -0.4 is 25.8 Å². The van der Waals surface area contributed by atoms with Crippen LogP contribution in [-0.4, -0.2) is 31.6 Å². The van der Waals surface area contributed by atoms with Crippen LogP contribution in [0.5, 0.6) is 11.5 Å². The van der Waals surface area contributed by atoms with Crippen molar-refractivity contribution in [3.8, 4) is 11.5 Å². The van der Waals surface area contributed by atoms with Gasteiger partial charge in [0.1, 0.15) is 5.76 Å². The Morgan fingerprint density at radius 2 is 1.84 bits per heavy atom. The maximum Gasteiger partial charge on any atom is 0.248 e. The van der Waals surface area contributed by atoms with Gasteiger partial charge in [0.2, 0.25) is 5.91 Å². The van der Waals surface area contributed by atoms with Crippen molar-refractivity contribution in [2.75, 3.05) is 25.1 Å². The maximum atomic E-state index is 11.3. The quantitative estimate of drug-likeness (QED) is 0.389. The lowest BCUT2D eigenvalue weighted by atomic mass is 10.1. The molecule has 0 spiro atoms. The second-order valence-corrected chi connectivity index (χ2v) is 7.32. The molecule has 1 aliphatic rings. The summed E-state index contributed by atoms with van der Waals surface area (Å²) in [6.07, 6.45) is 3.24. The third-order valence-electron chi connectivity index (χ3n) is 4.91. The Balaban J connectivity index is 1.46. The Kier molecular flexibility index (Phi) is 6.91. The first-order valence-corrected chi connectivity index (χ1v) is 10.5. The molecule has 1 aliphatic heterocycles. The van der Waals surface area contributed by atoms with Crippen LogP contribution in [0.2, 0.25) is 0 Å². The minimum absolute atomic E-state index is 0.430. The standard InChI is InChI=1S/C24H26N4O4/c25-23(29)18-6-4-17(5-7-18)16-27-24(26-11-10-20-3-1-12-30-20)28-19-8-9-21-22(15-19)32-14-2-13-31-21/h1,3-9,12,15H,2,10-11,13-14,16H2,(H2,25,29)(H2,26,27,28). The van der Waals surface area contributed by atoms with Gasteiger partial charge >= 0.3 is 0 Å². The van der Waals surface area contributed by atoms with Crippen molar-refractivity contribution in [2.24, 2.45) is 10.7 Å². The summed E-state index contributed by atoms with van der Waals surface area (Å²) in [5.41, 5.74) is 7.58. The minimum Gasteiger partial charge on any atom is -0.490 e. The van der Waals surface area contributed by atoms with E-state index in [0.29, 0.717) is 43.6 Å². The predicted molar refractivity (Wildman–Crippen MR) is 122 cm³/mol. The molecular weight excluding hydrogens is 408 g/mol. The first-order chi connectivity index (χ1) is 15.7. The van der Waals surface area contributed by atoms with E-state index in [4.69, 9.17) is 19.6 Å². The van der Waals surface area contributed by atoms with Crippen molar-refractivity contribution < 1.29 is 18.7 Å². The summed E-state index contributed by atoms with van der Waals surface area (Å²) in [5.74, 6) is 2.52. The number of hydrogen-bond acceptors (Lipinski definition) is 5. The van der Waals surface area contributed by atoms with E-state index >= 15 is 0 Å². The number of amides is 1. The number of primary amides is 1. The van der Waals surface area contributed by atoms with Gasteiger partial charge in [0, 0.05) is 36.7 Å². The van der Waals surface area contributed by atoms with Gasteiger partial charge in [-0.25, -0.2) is 4.99 Å². The normalized spacial score (nSPS) is 13.3. The summed E-state index contributed by atoms with van der Waals surface area (Å²) in [4.78, 5) is 16.0. The molecular formula is C24H26N4O4. The third-order valence-corrected chi connectivity index (χ3v) is 4.91. The minimum atomic E-state index is -0.448. The molecule has 0 atom stereocenters. The molecule has 166 valence electrons. The summed E-state index contributed by atoms with van der Waals surface area (Å²) >= 11 is 0. The Morgan fingerprint density at radius 3 is 2.59 bits per heavy atom. The number of anilines is 1. The zero-order valence-electron chi connectivity index (χ0n) is 17.7. The SMILES string of the molecule is NC(=O)c1ccc(CN=C(NCCc2ccco2)Nc2ccc3c(c2)OCCCO3)cc1. The highest BCUT2D eigenvalue weighted by Crippen LogP contribution is 2.32. The van der Waals surface area contributed by atoms with Gasteiger partial charge in [0.25, 0.3) is 0 Å². The van der Waals surface area contributed by atoms with Crippen LogP contribution in [0.3, 0.4) is 0 Å². The van der Waals surface area contributed by atoms with Crippen molar-refractivity contribution in [1.29, 1.82) is 0 Å². The molecule has 1 aromatic heterocycles. The lowest BCUT2D eigenvalue weighted by molar-refractivity contribution is 0.100. The van der Waals surface area contributed by atoms with Gasteiger partial charge in [-0.05, 0) is 42.0 Å². The average molecular weight is 434 g/mol. The number of nitrogens with two attached hydrogens (primary N) is 1. The zero-order valence-corrected chi connectivity index (χ0v) is 17.7. The predicted octanol–water partition coefficient (Wildman–Crippen LogP) is 3.34. The number of carbonyl (C=O) groups is 1. The average Bonchev–Trinajstić information content (AvgIpc) is 3.21. The summed E-state index contributed by atoms with van der Waals surface area (Å²) in [7, 11) is 0. The van der Waals surface area contributed by atoms with E-state index in [0.717, 1.165) is 35.6 Å². The monoisotopic (exact) mass is 434 g/mol. The lowest BCUT2D eigenvalue weighted by Gasteiger charge is -2.14. The Hall–Kier alpha value is -3.94. The van der Waals surface area contributed by atoms with E-state index in [1.807, 2.05) is 42.5 Å². The van der Waals surface area contributed by atoms with Crippen LogP contribution in [0.15, 0.2) is 70.3 Å². The lowest BCUT2D eigenvalue weighted by Crippen LogP contribution is -2.32. The van der Waals surface area contributed by atoms with Gasteiger partial charge in [0.05, 0.1) is 26.0 Å². The summed E-state index contributed by atoms with van der Waals surface area (Å²) < 4.78 is 16.9. The van der Waals surface area contributed by atoms with Crippen molar-refractivity contribution in [3.63, 3.8) is 0 Å². The van der Waals surface area contributed by atoms with Crippen LogP contribution in [0.25, 0.3) is 0 Å². The number of nitrogens with zero attached hydrogens (tertiary/aromatic N) is 1. The van der Waals surface area contributed by atoms with Gasteiger partial charge in [-0.3, -0.25) is 4.79 Å². The van der Waals surface area contributed by atoms with Crippen LogP contribution >= 0.6 is 0 Å². The number of furan rings is 1. The molecule has 3 aromatic rings. The van der Waals surface area contributed by atoms with Crippen molar-refractivity contribution >= 4 is 17.6 Å². The fourth-order valence-corrected chi connectivity index (χ4v) is 3.22. The molecule has 2 heterocycles. The highest BCUT2D eigenvalue weighted by atomic mass is 16.5. The molecule has 1 amide bonds. The first kappa shape index (κ1) is 21.3. The molecule has 2 aromatic carbocycles. The molecule has 0 bridgehead atoms. The van der Waals surface area contributed by atoms with Crippen molar-refractivity contribution in [3.05, 3.63) is 77.7 Å². The number of guanidine groups is 1. The number of carbonyl (C=O) groups excluding carboxylic acids is 1. The van der Waals surface area contributed by atoms with E-state index in [9.17, 15) is 4.79 Å². The number of benzene rings is 2. The second-order valence-electron chi connectivity index (χ2n) is 7.32. The van der Waals surface area contributed by atoms with Crippen LogP contribution in [-0.2, 0) is 13.0 Å². The molecule has 0 saturated heterocycles. The number of nitrogens with one attached hydrogen (secondary N) is 2. The number of rotatable bonds is 7. The Bertz CT molecular complexity index is 1060. The molecule has 4 rings (SSSR count). The van der Waals surface area contributed by atoms with E-state index in [2.05, 4.69) is 15.6 Å². The number of aliphatic imine (C=N–C) groups is 1. The van der Waals surface area contributed by atoms with Gasteiger partial charge in [-0.15, -0.1) is 0 Å². The molecule has 0 fully saturated rings. The van der Waals surface area contributed by atoms with Gasteiger partial charge in [-0.1, -0.05) is 12.1 Å². The second kappa shape index (κ2) is 10.4. The van der Waals surface area contributed by atoms with E-state index in [1.165, 1.54) is 0 Å². The van der Waals surface area contributed by atoms with Crippen molar-refractivity contribution in [1.82, 2.24) is 5.32 Å². The largest absolute Gasteiger partial charge is 0.490 e. The van der Waals surface area contributed by atoms with Gasteiger partial charge < -0.3 is 30.3 Å². The van der Waals surface area contributed by atoms with Crippen LogP contribution in [0, 0.1) is 0 Å². The summed E-state index contributed by atoms with van der Waals surface area (Å²) in [6.45, 7) is 2.35. The van der Waals surface area contributed by atoms with Crippen LogP contribution in [0.1, 0.15) is 28.1 Å². The molecule has 0 radical (unpaired) electrons. The van der Waals surface area contributed by atoms with E-state index < -0.39 is 5.91 Å². The van der Waals surface area contributed by atoms with Crippen molar-refractivity contribution in [2.45, 2.75) is 19.4 Å². The Labute approximate surface area is 186 Å². The van der Waals surface area contributed by atoms with Gasteiger partial charge in [-0.2, -0.15) is 0 Å². The van der Waals surface area contributed by atoms with Crippen LogP contribution in [0.4, 0.5) is 5.69 Å². The molecule has 0 unspecified atom stereocenters. The molecule has 8 nitrogen and oxygen atoms in total. The molecule has 32 heavy (non-hydrogen) atoms.